The predicted molar refractivity (Wildman–Crippen MR) is 95.2 cm³/mol. The zero-order valence-electron chi connectivity index (χ0n) is 13.6. The Morgan fingerprint density at radius 3 is 2.30 bits per heavy atom. The second-order valence-electron chi connectivity index (χ2n) is 5.37. The van der Waals surface area contributed by atoms with Crippen LogP contribution in [0.1, 0.15) is 58.1 Å². The number of hydrogen-bond donors (Lipinski definition) is 0. The molecule has 0 aromatic heterocycles. The predicted octanol–water partition coefficient (Wildman–Crippen LogP) is 6.48. The van der Waals surface area contributed by atoms with Gasteiger partial charge in [0.25, 0.3) is 0 Å². The van der Waals surface area contributed by atoms with Crippen LogP contribution in [0, 0.1) is 0 Å². The summed E-state index contributed by atoms with van der Waals surface area (Å²) in [4.78, 5) is 1.43. The molecule has 0 radical (unpaired) electrons. The van der Waals surface area contributed by atoms with E-state index < -0.39 is 0 Å². The maximum atomic E-state index is 2.35. The Hall–Kier alpha value is -0.950. The quantitative estimate of drug-likeness (QED) is 0.517. The van der Waals surface area contributed by atoms with E-state index in [9.17, 15) is 0 Å². The summed E-state index contributed by atoms with van der Waals surface area (Å²) in [5, 5.41) is 0. The highest BCUT2D eigenvalue weighted by Crippen LogP contribution is 2.22. The molecular weight excluding hydrogens is 260 g/mol. The van der Waals surface area contributed by atoms with E-state index in [0.717, 1.165) is 6.42 Å². The van der Waals surface area contributed by atoms with E-state index >= 15 is 0 Å². The van der Waals surface area contributed by atoms with Crippen LogP contribution in [-0.2, 0) is 6.42 Å². The zero-order valence-corrected chi connectivity index (χ0v) is 14.4. The Morgan fingerprint density at radius 2 is 1.75 bits per heavy atom. The lowest BCUT2D eigenvalue weighted by Crippen LogP contribution is -1.88. The minimum Gasteiger partial charge on any atom is -0.135 e. The van der Waals surface area contributed by atoms with E-state index in [4.69, 9.17) is 0 Å². The molecule has 0 heterocycles. The van der Waals surface area contributed by atoms with Crippen molar-refractivity contribution in [1.29, 1.82) is 0 Å². The number of allylic oxidation sites excluding steroid dienone is 4. The number of hydrogen-bond acceptors (Lipinski definition) is 1. The molecule has 0 nitrogen and oxygen atoms in total. The lowest BCUT2D eigenvalue weighted by atomic mass is 9.97. The molecule has 1 aromatic carbocycles. The number of rotatable bonds is 7. The van der Waals surface area contributed by atoms with Crippen LogP contribution >= 0.6 is 11.8 Å². The Kier molecular flexibility index (Phi) is 7.76. The van der Waals surface area contributed by atoms with Crippen LogP contribution in [0.3, 0.4) is 0 Å². The molecule has 0 unspecified atom stereocenters. The molecular formula is C19H28S. The van der Waals surface area contributed by atoms with Gasteiger partial charge in [0.1, 0.15) is 0 Å². The summed E-state index contributed by atoms with van der Waals surface area (Å²) in [7, 11) is 0. The molecule has 20 heavy (non-hydrogen) atoms. The second-order valence-corrected chi connectivity index (χ2v) is 6.42. The fourth-order valence-electron chi connectivity index (χ4n) is 2.18. The molecule has 0 bridgehead atoms. The summed E-state index contributed by atoms with van der Waals surface area (Å²) in [6.45, 7) is 8.91. The largest absolute Gasteiger partial charge is 0.135 e. The summed E-state index contributed by atoms with van der Waals surface area (Å²) in [6, 6.07) is 9.01. The van der Waals surface area contributed by atoms with Gasteiger partial charge in [-0.3, -0.25) is 0 Å². The van der Waals surface area contributed by atoms with Crippen LogP contribution in [0.4, 0.5) is 0 Å². The third-order valence-electron chi connectivity index (χ3n) is 3.95. The van der Waals surface area contributed by atoms with Gasteiger partial charge in [-0.15, -0.1) is 11.8 Å². The molecule has 0 saturated heterocycles. The van der Waals surface area contributed by atoms with Gasteiger partial charge in [0.15, 0.2) is 0 Å². The van der Waals surface area contributed by atoms with Crippen molar-refractivity contribution < 1.29 is 0 Å². The van der Waals surface area contributed by atoms with E-state index in [0.29, 0.717) is 0 Å². The highest BCUT2D eigenvalue weighted by atomic mass is 32.2. The van der Waals surface area contributed by atoms with E-state index in [2.05, 4.69) is 64.3 Å². The molecule has 1 aromatic rings. The summed E-state index contributed by atoms with van der Waals surface area (Å²) < 4.78 is 0. The summed E-state index contributed by atoms with van der Waals surface area (Å²) in [5.41, 5.74) is 5.75. The van der Waals surface area contributed by atoms with Crippen molar-refractivity contribution in [3.8, 4) is 0 Å². The third kappa shape index (κ3) is 5.58. The van der Waals surface area contributed by atoms with Crippen LogP contribution in [-0.4, -0.2) is 6.26 Å². The Balaban J connectivity index is 2.59. The molecule has 0 spiro atoms. The highest BCUT2D eigenvalue weighted by Gasteiger charge is 2.01. The first-order valence-electron chi connectivity index (χ1n) is 7.54. The zero-order chi connectivity index (χ0) is 15.0. The molecule has 1 heteroatoms. The number of benzene rings is 1. The topological polar surface area (TPSA) is 0 Å². The molecule has 0 N–H and O–H groups in total. The highest BCUT2D eigenvalue weighted by molar-refractivity contribution is 8.02. The monoisotopic (exact) mass is 288 g/mol. The average Bonchev–Trinajstić information content (AvgIpc) is 2.50. The molecule has 0 saturated carbocycles. The maximum absolute atomic E-state index is 2.35. The SMILES string of the molecule is CCc1ccc(/C(C)=C(/C)CCC/C=C(\C)SC)cc1. The lowest BCUT2D eigenvalue weighted by Gasteiger charge is -2.09. The first-order valence-corrected chi connectivity index (χ1v) is 8.77. The first kappa shape index (κ1) is 17.1. The van der Waals surface area contributed by atoms with Crippen molar-refractivity contribution >= 4 is 17.3 Å². The maximum Gasteiger partial charge on any atom is -0.0140 e. The number of thioether (sulfide) groups is 1. The van der Waals surface area contributed by atoms with Crippen LogP contribution in [0.5, 0.6) is 0 Å². The van der Waals surface area contributed by atoms with Gasteiger partial charge in [-0.1, -0.05) is 42.8 Å². The van der Waals surface area contributed by atoms with Gasteiger partial charge in [0.05, 0.1) is 0 Å². The average molecular weight is 288 g/mol. The van der Waals surface area contributed by atoms with Crippen LogP contribution < -0.4 is 0 Å². The minimum absolute atomic E-state index is 1.11. The Morgan fingerprint density at radius 1 is 1.10 bits per heavy atom. The van der Waals surface area contributed by atoms with Crippen LogP contribution in [0.25, 0.3) is 5.57 Å². The van der Waals surface area contributed by atoms with E-state index in [1.54, 1.807) is 0 Å². The third-order valence-corrected chi connectivity index (χ3v) is 4.76. The lowest BCUT2D eigenvalue weighted by molar-refractivity contribution is 0.832. The van der Waals surface area contributed by atoms with Crippen molar-refractivity contribution in [1.82, 2.24) is 0 Å². The summed E-state index contributed by atoms with van der Waals surface area (Å²) >= 11 is 1.84. The van der Waals surface area contributed by atoms with Gasteiger partial charge in [0, 0.05) is 0 Å². The molecule has 110 valence electrons. The molecule has 0 aliphatic rings. The van der Waals surface area contributed by atoms with Crippen LogP contribution in [0.2, 0.25) is 0 Å². The van der Waals surface area contributed by atoms with Crippen molar-refractivity contribution in [2.75, 3.05) is 6.26 Å². The smallest absolute Gasteiger partial charge is 0.0140 e. The fourth-order valence-corrected chi connectivity index (χ4v) is 2.46. The Labute approximate surface area is 129 Å². The van der Waals surface area contributed by atoms with Crippen molar-refractivity contribution in [3.63, 3.8) is 0 Å². The minimum atomic E-state index is 1.11. The van der Waals surface area contributed by atoms with Gasteiger partial charge in [0.2, 0.25) is 0 Å². The van der Waals surface area contributed by atoms with Gasteiger partial charge in [-0.05, 0) is 74.3 Å². The fraction of sp³-hybridized carbons (Fsp3) is 0.474. The molecule has 0 aliphatic heterocycles. The Bertz CT molecular complexity index is 463. The van der Waals surface area contributed by atoms with E-state index in [-0.39, 0.29) is 0 Å². The number of aryl methyl sites for hydroxylation is 1. The first-order chi connectivity index (χ1) is 9.58. The van der Waals surface area contributed by atoms with Crippen LogP contribution in [0.15, 0.2) is 40.8 Å². The van der Waals surface area contributed by atoms with Gasteiger partial charge in [-0.2, -0.15) is 0 Å². The molecule has 0 amide bonds. The second kappa shape index (κ2) is 9.07. The molecule has 1 rings (SSSR count). The van der Waals surface area contributed by atoms with Crippen molar-refractivity contribution in [2.45, 2.75) is 53.4 Å². The van der Waals surface area contributed by atoms with Gasteiger partial charge in [-0.25, -0.2) is 0 Å². The summed E-state index contributed by atoms with van der Waals surface area (Å²) in [5.74, 6) is 0. The van der Waals surface area contributed by atoms with E-state index in [1.807, 2.05) is 11.8 Å². The van der Waals surface area contributed by atoms with Crippen molar-refractivity contribution in [3.05, 3.63) is 51.9 Å². The number of unbranched alkanes of at least 4 members (excludes halogenated alkanes) is 1. The molecule has 0 atom stereocenters. The van der Waals surface area contributed by atoms with Gasteiger partial charge >= 0.3 is 0 Å². The van der Waals surface area contributed by atoms with Gasteiger partial charge < -0.3 is 0 Å². The van der Waals surface area contributed by atoms with E-state index in [1.165, 1.54) is 46.4 Å². The normalized spacial score (nSPS) is 13.3. The van der Waals surface area contributed by atoms with Crippen molar-refractivity contribution in [2.24, 2.45) is 0 Å². The standard InChI is InChI=1S/C19H28S/c1-6-18-11-13-19(14-12-18)17(4)15(2)9-7-8-10-16(3)20-5/h10-14H,6-9H2,1-5H3/b16-10+,17-15-. The molecule has 0 aliphatic carbocycles. The molecule has 0 fully saturated rings. The summed E-state index contributed by atoms with van der Waals surface area (Å²) in [6.07, 6.45) is 9.23.